The van der Waals surface area contributed by atoms with E-state index in [0.29, 0.717) is 35.4 Å². The van der Waals surface area contributed by atoms with Crippen LogP contribution in [-0.4, -0.2) is 16.6 Å². The molecule has 2 aromatic rings. The fourth-order valence-corrected chi connectivity index (χ4v) is 1.54. The molecule has 5 heteroatoms. The van der Waals surface area contributed by atoms with Crippen molar-refractivity contribution in [3.8, 4) is 5.75 Å². The second kappa shape index (κ2) is 5.50. The summed E-state index contributed by atoms with van der Waals surface area (Å²) in [4.78, 5) is 8.17. The molecule has 2 N–H and O–H groups in total. The van der Waals surface area contributed by atoms with Crippen molar-refractivity contribution >= 4 is 17.4 Å². The predicted octanol–water partition coefficient (Wildman–Crippen LogP) is 2.33. The number of rotatable bonds is 4. The van der Waals surface area contributed by atoms with Crippen LogP contribution in [0.4, 0.5) is 5.82 Å². The van der Waals surface area contributed by atoms with Crippen molar-refractivity contribution in [3.05, 3.63) is 47.4 Å². The Morgan fingerprint density at radius 1 is 1.24 bits per heavy atom. The van der Waals surface area contributed by atoms with Crippen molar-refractivity contribution in [1.82, 2.24) is 9.97 Å². The molecule has 88 valence electrons. The van der Waals surface area contributed by atoms with E-state index in [1.807, 2.05) is 18.2 Å². The van der Waals surface area contributed by atoms with Gasteiger partial charge in [0.15, 0.2) is 0 Å². The minimum absolute atomic E-state index is 0.465. The van der Waals surface area contributed by atoms with E-state index >= 15 is 0 Å². The number of nitrogens with two attached hydrogens (primary N) is 1. The van der Waals surface area contributed by atoms with Gasteiger partial charge in [0.05, 0.1) is 11.6 Å². The Kier molecular flexibility index (Phi) is 3.77. The Labute approximate surface area is 104 Å². The molecular weight excluding hydrogens is 238 g/mol. The van der Waals surface area contributed by atoms with Crippen molar-refractivity contribution in [2.24, 2.45) is 0 Å². The van der Waals surface area contributed by atoms with Gasteiger partial charge in [-0.1, -0.05) is 23.7 Å². The van der Waals surface area contributed by atoms with E-state index < -0.39 is 0 Å². The van der Waals surface area contributed by atoms with E-state index in [1.165, 1.54) is 0 Å². The van der Waals surface area contributed by atoms with Crippen LogP contribution in [0.1, 0.15) is 5.82 Å². The maximum Gasteiger partial charge on any atom is 0.137 e. The minimum atomic E-state index is 0.465. The molecule has 1 aromatic carbocycles. The minimum Gasteiger partial charge on any atom is -0.492 e. The third-order valence-corrected chi connectivity index (χ3v) is 2.46. The zero-order valence-corrected chi connectivity index (χ0v) is 9.89. The predicted molar refractivity (Wildman–Crippen MR) is 67.1 cm³/mol. The normalized spacial score (nSPS) is 10.2. The van der Waals surface area contributed by atoms with Crippen LogP contribution in [0, 0.1) is 0 Å². The average molecular weight is 250 g/mol. The first-order valence-electron chi connectivity index (χ1n) is 5.20. The van der Waals surface area contributed by atoms with Crippen LogP contribution >= 0.6 is 11.6 Å². The van der Waals surface area contributed by atoms with Gasteiger partial charge < -0.3 is 10.5 Å². The Balaban J connectivity index is 1.90. The van der Waals surface area contributed by atoms with Gasteiger partial charge in [-0.3, -0.25) is 0 Å². The second-order valence-electron chi connectivity index (χ2n) is 3.43. The van der Waals surface area contributed by atoms with E-state index in [9.17, 15) is 0 Å². The van der Waals surface area contributed by atoms with Gasteiger partial charge in [0.2, 0.25) is 0 Å². The highest BCUT2D eigenvalue weighted by Gasteiger charge is 2.01. The van der Waals surface area contributed by atoms with Crippen molar-refractivity contribution in [3.63, 3.8) is 0 Å². The van der Waals surface area contributed by atoms with E-state index in [1.54, 1.807) is 18.3 Å². The van der Waals surface area contributed by atoms with E-state index in [-0.39, 0.29) is 0 Å². The molecule has 0 amide bonds. The van der Waals surface area contributed by atoms with Crippen molar-refractivity contribution in [1.29, 1.82) is 0 Å². The highest BCUT2D eigenvalue weighted by molar-refractivity contribution is 6.32. The third kappa shape index (κ3) is 3.32. The molecular formula is C12H12ClN3O. The summed E-state index contributed by atoms with van der Waals surface area (Å²) >= 11 is 5.95. The van der Waals surface area contributed by atoms with Crippen molar-refractivity contribution < 1.29 is 4.74 Å². The van der Waals surface area contributed by atoms with Crippen LogP contribution in [0.3, 0.4) is 0 Å². The van der Waals surface area contributed by atoms with Crippen LogP contribution in [0.15, 0.2) is 36.5 Å². The number of aromatic nitrogens is 2. The number of hydrogen-bond donors (Lipinski definition) is 1. The fraction of sp³-hybridized carbons (Fsp3) is 0.167. The Bertz CT molecular complexity index is 505. The summed E-state index contributed by atoms with van der Waals surface area (Å²) in [5, 5.41) is 0.598. The number of nitrogens with zero attached hydrogens (tertiary/aromatic N) is 2. The molecule has 1 heterocycles. The van der Waals surface area contributed by atoms with Crippen LogP contribution in [0.25, 0.3) is 0 Å². The van der Waals surface area contributed by atoms with Crippen molar-refractivity contribution in [2.45, 2.75) is 6.42 Å². The second-order valence-corrected chi connectivity index (χ2v) is 3.83. The lowest BCUT2D eigenvalue weighted by Gasteiger charge is -2.06. The maximum absolute atomic E-state index is 5.95. The summed E-state index contributed by atoms with van der Waals surface area (Å²) in [5.41, 5.74) is 5.55. The van der Waals surface area contributed by atoms with E-state index in [0.717, 1.165) is 0 Å². The van der Waals surface area contributed by atoms with Gasteiger partial charge >= 0.3 is 0 Å². The molecule has 17 heavy (non-hydrogen) atoms. The average Bonchev–Trinajstić information content (AvgIpc) is 2.32. The van der Waals surface area contributed by atoms with Crippen LogP contribution in [0.5, 0.6) is 5.75 Å². The zero-order chi connectivity index (χ0) is 12.1. The van der Waals surface area contributed by atoms with Gasteiger partial charge in [-0.15, -0.1) is 0 Å². The zero-order valence-electron chi connectivity index (χ0n) is 9.14. The van der Waals surface area contributed by atoms with E-state index in [2.05, 4.69) is 9.97 Å². The van der Waals surface area contributed by atoms with Gasteiger partial charge in [0.25, 0.3) is 0 Å². The summed E-state index contributed by atoms with van der Waals surface area (Å²) < 4.78 is 5.53. The highest BCUT2D eigenvalue weighted by Crippen LogP contribution is 2.22. The third-order valence-electron chi connectivity index (χ3n) is 2.15. The molecule has 0 unspecified atom stereocenters. The van der Waals surface area contributed by atoms with Gasteiger partial charge in [-0.05, 0) is 18.2 Å². The summed E-state index contributed by atoms with van der Waals surface area (Å²) in [6, 6.07) is 8.99. The number of anilines is 1. The van der Waals surface area contributed by atoms with Crippen LogP contribution < -0.4 is 10.5 Å². The van der Waals surface area contributed by atoms with Gasteiger partial charge in [0.1, 0.15) is 17.4 Å². The molecule has 0 spiro atoms. The number of benzene rings is 1. The Hall–Kier alpha value is -1.81. The first-order valence-corrected chi connectivity index (χ1v) is 5.58. The molecule has 0 fully saturated rings. The first kappa shape index (κ1) is 11.7. The fourth-order valence-electron chi connectivity index (χ4n) is 1.35. The maximum atomic E-state index is 5.95. The standard InChI is InChI=1S/C12H12ClN3O/c13-9-3-1-2-4-10(9)17-8-6-12-15-7-5-11(14)16-12/h1-5,7H,6,8H2,(H2,14,15,16). The molecule has 0 saturated carbocycles. The molecule has 1 aromatic heterocycles. The first-order chi connectivity index (χ1) is 8.25. The van der Waals surface area contributed by atoms with Gasteiger partial charge in [-0.25, -0.2) is 9.97 Å². The van der Waals surface area contributed by atoms with Crippen LogP contribution in [-0.2, 0) is 6.42 Å². The molecule has 0 aliphatic rings. The lowest BCUT2D eigenvalue weighted by molar-refractivity contribution is 0.319. The topological polar surface area (TPSA) is 61.0 Å². The number of hydrogen-bond acceptors (Lipinski definition) is 4. The van der Waals surface area contributed by atoms with Gasteiger partial charge in [-0.2, -0.15) is 0 Å². The number of nitrogen functional groups attached to an aromatic ring is 1. The molecule has 0 atom stereocenters. The monoisotopic (exact) mass is 249 g/mol. The number of halogens is 1. The van der Waals surface area contributed by atoms with E-state index in [4.69, 9.17) is 22.1 Å². The molecule has 0 aliphatic heterocycles. The SMILES string of the molecule is Nc1ccnc(CCOc2ccccc2Cl)n1. The summed E-state index contributed by atoms with van der Waals surface area (Å²) in [7, 11) is 0. The lowest BCUT2D eigenvalue weighted by Crippen LogP contribution is -2.06. The van der Waals surface area contributed by atoms with Crippen LogP contribution in [0.2, 0.25) is 5.02 Å². The lowest BCUT2D eigenvalue weighted by atomic mass is 10.3. The molecule has 2 rings (SSSR count). The molecule has 0 saturated heterocycles. The summed E-state index contributed by atoms with van der Waals surface area (Å²) in [6.45, 7) is 0.465. The number of ether oxygens (including phenoxy) is 1. The summed E-state index contributed by atoms with van der Waals surface area (Å²) in [6.07, 6.45) is 2.23. The molecule has 4 nitrogen and oxygen atoms in total. The molecule has 0 aliphatic carbocycles. The van der Waals surface area contributed by atoms with Gasteiger partial charge in [0, 0.05) is 12.6 Å². The highest BCUT2D eigenvalue weighted by atomic mass is 35.5. The summed E-state index contributed by atoms with van der Waals surface area (Å²) in [5.74, 6) is 1.79. The quantitative estimate of drug-likeness (QED) is 0.904. The largest absolute Gasteiger partial charge is 0.492 e. The Morgan fingerprint density at radius 3 is 2.82 bits per heavy atom. The molecule has 0 radical (unpaired) electrons. The Morgan fingerprint density at radius 2 is 2.06 bits per heavy atom. The van der Waals surface area contributed by atoms with Crippen molar-refractivity contribution in [2.75, 3.05) is 12.3 Å². The number of para-hydroxylation sites is 1. The smallest absolute Gasteiger partial charge is 0.137 e. The molecule has 0 bridgehead atoms.